The van der Waals surface area contributed by atoms with Crippen LogP contribution in [0.2, 0.25) is 0 Å². The predicted molar refractivity (Wildman–Crippen MR) is 100 cm³/mol. The van der Waals surface area contributed by atoms with Crippen LogP contribution in [0.3, 0.4) is 0 Å². The Morgan fingerprint density at radius 3 is 2.28 bits per heavy atom. The molecule has 1 aliphatic heterocycles. The average molecular weight is 339 g/mol. The summed E-state index contributed by atoms with van der Waals surface area (Å²) in [4.78, 5) is 13.9. The second-order valence-electron chi connectivity index (χ2n) is 6.97. The standard InChI is InChI=1S/C21H26N2O2/c1-16(2)18-5-7-19(8-6-18)21(24)22-20-9-3-17(4-10-20)15-23-11-13-25-14-12-23/h3-10,16H,11-15H2,1-2H3,(H,22,24)/p+1. The number of hydrogen-bond acceptors (Lipinski definition) is 2. The van der Waals surface area contributed by atoms with Crippen LogP contribution in [0.25, 0.3) is 0 Å². The number of amides is 1. The van der Waals surface area contributed by atoms with E-state index in [1.165, 1.54) is 11.1 Å². The highest BCUT2D eigenvalue weighted by molar-refractivity contribution is 6.04. The smallest absolute Gasteiger partial charge is 0.255 e. The summed E-state index contributed by atoms with van der Waals surface area (Å²) in [5.74, 6) is 0.403. The van der Waals surface area contributed by atoms with Crippen molar-refractivity contribution in [3.05, 3.63) is 65.2 Å². The summed E-state index contributed by atoms with van der Waals surface area (Å²) < 4.78 is 5.39. The molecular formula is C21H27N2O2+. The van der Waals surface area contributed by atoms with Crippen molar-refractivity contribution in [3.8, 4) is 0 Å². The van der Waals surface area contributed by atoms with Crippen molar-refractivity contribution in [3.63, 3.8) is 0 Å². The van der Waals surface area contributed by atoms with E-state index >= 15 is 0 Å². The molecular weight excluding hydrogens is 312 g/mol. The fourth-order valence-electron chi connectivity index (χ4n) is 3.05. The molecule has 3 rings (SSSR count). The van der Waals surface area contributed by atoms with Crippen molar-refractivity contribution < 1.29 is 14.4 Å². The van der Waals surface area contributed by atoms with Crippen molar-refractivity contribution in [2.24, 2.45) is 0 Å². The number of morpholine rings is 1. The van der Waals surface area contributed by atoms with Crippen molar-refractivity contribution >= 4 is 11.6 Å². The largest absolute Gasteiger partial charge is 0.370 e. The number of nitrogens with one attached hydrogen (secondary N) is 2. The summed E-state index contributed by atoms with van der Waals surface area (Å²) in [6, 6.07) is 16.0. The molecule has 4 heteroatoms. The number of rotatable bonds is 5. The van der Waals surface area contributed by atoms with Crippen LogP contribution in [0.5, 0.6) is 0 Å². The van der Waals surface area contributed by atoms with E-state index in [1.807, 2.05) is 36.4 Å². The third kappa shape index (κ3) is 4.91. The Morgan fingerprint density at radius 1 is 1.04 bits per heavy atom. The normalized spacial score (nSPS) is 15.3. The van der Waals surface area contributed by atoms with Crippen LogP contribution in [-0.2, 0) is 11.3 Å². The molecule has 4 nitrogen and oxygen atoms in total. The van der Waals surface area contributed by atoms with Crippen molar-refractivity contribution in [2.45, 2.75) is 26.3 Å². The molecule has 2 N–H and O–H groups in total. The summed E-state index contributed by atoms with van der Waals surface area (Å²) in [5.41, 5.74) is 4.05. The minimum atomic E-state index is -0.0677. The second-order valence-corrected chi connectivity index (χ2v) is 6.97. The van der Waals surface area contributed by atoms with Gasteiger partial charge in [0.2, 0.25) is 0 Å². The molecule has 0 atom stereocenters. The van der Waals surface area contributed by atoms with Gasteiger partial charge in [0, 0.05) is 16.8 Å². The first-order chi connectivity index (χ1) is 12.1. The first kappa shape index (κ1) is 17.6. The van der Waals surface area contributed by atoms with Gasteiger partial charge in [-0.15, -0.1) is 0 Å². The second kappa shape index (κ2) is 8.28. The number of anilines is 1. The van der Waals surface area contributed by atoms with E-state index in [9.17, 15) is 4.79 Å². The lowest BCUT2D eigenvalue weighted by Crippen LogP contribution is -3.12. The maximum atomic E-state index is 12.4. The number of ether oxygens (including phenoxy) is 1. The molecule has 0 bridgehead atoms. The van der Waals surface area contributed by atoms with Gasteiger partial charge < -0.3 is 15.0 Å². The molecule has 0 aliphatic carbocycles. The Hall–Kier alpha value is -2.17. The van der Waals surface area contributed by atoms with Crippen molar-refractivity contribution in [2.75, 3.05) is 31.6 Å². The Morgan fingerprint density at radius 2 is 1.68 bits per heavy atom. The van der Waals surface area contributed by atoms with E-state index in [2.05, 4.69) is 31.3 Å². The molecule has 0 saturated carbocycles. The lowest BCUT2D eigenvalue weighted by Gasteiger charge is -2.23. The number of carbonyl (C=O) groups excluding carboxylic acids is 1. The van der Waals surface area contributed by atoms with Crippen LogP contribution in [0.1, 0.15) is 41.3 Å². The molecule has 1 heterocycles. The van der Waals surface area contributed by atoms with Gasteiger partial charge in [-0.05, 0) is 35.7 Å². The SMILES string of the molecule is CC(C)c1ccc(C(=O)Nc2ccc(C[NH+]3CCOCC3)cc2)cc1. The first-order valence-electron chi connectivity index (χ1n) is 9.03. The van der Waals surface area contributed by atoms with Gasteiger partial charge in [0.05, 0.1) is 13.2 Å². The molecule has 1 fully saturated rings. The molecule has 132 valence electrons. The van der Waals surface area contributed by atoms with Crippen molar-refractivity contribution in [1.29, 1.82) is 0 Å². The molecule has 0 unspecified atom stereocenters. The zero-order valence-electron chi connectivity index (χ0n) is 15.0. The van der Waals surface area contributed by atoms with Gasteiger partial charge in [0.1, 0.15) is 19.6 Å². The number of hydrogen-bond donors (Lipinski definition) is 2. The molecule has 1 amide bonds. The predicted octanol–water partition coefficient (Wildman–Crippen LogP) is 2.48. The zero-order chi connectivity index (χ0) is 17.6. The molecule has 0 spiro atoms. The van der Waals surface area contributed by atoms with Crippen LogP contribution in [0.15, 0.2) is 48.5 Å². The summed E-state index contributed by atoms with van der Waals surface area (Å²) in [7, 11) is 0. The van der Waals surface area contributed by atoms with Crippen LogP contribution in [0, 0.1) is 0 Å². The van der Waals surface area contributed by atoms with Gasteiger partial charge >= 0.3 is 0 Å². The summed E-state index contributed by atoms with van der Waals surface area (Å²) in [6.07, 6.45) is 0. The van der Waals surface area contributed by atoms with E-state index in [1.54, 1.807) is 4.90 Å². The van der Waals surface area contributed by atoms with Gasteiger partial charge in [-0.2, -0.15) is 0 Å². The molecule has 0 radical (unpaired) electrons. The highest BCUT2D eigenvalue weighted by Gasteiger charge is 2.14. The Kier molecular flexibility index (Phi) is 5.84. The third-order valence-corrected chi connectivity index (χ3v) is 4.71. The summed E-state index contributed by atoms with van der Waals surface area (Å²) in [5, 5.41) is 2.97. The molecule has 25 heavy (non-hydrogen) atoms. The minimum Gasteiger partial charge on any atom is -0.370 e. The lowest BCUT2D eigenvalue weighted by molar-refractivity contribution is -0.921. The van der Waals surface area contributed by atoms with E-state index in [0.29, 0.717) is 11.5 Å². The molecule has 2 aromatic rings. The van der Waals surface area contributed by atoms with Crippen LogP contribution < -0.4 is 10.2 Å². The highest BCUT2D eigenvalue weighted by Crippen LogP contribution is 2.16. The number of benzene rings is 2. The maximum absolute atomic E-state index is 12.4. The summed E-state index contributed by atoms with van der Waals surface area (Å²) in [6.45, 7) is 9.12. The fourth-order valence-corrected chi connectivity index (χ4v) is 3.05. The molecule has 1 saturated heterocycles. The number of carbonyl (C=O) groups is 1. The van der Waals surface area contributed by atoms with Crippen molar-refractivity contribution in [1.82, 2.24) is 0 Å². The average Bonchev–Trinajstić information content (AvgIpc) is 2.64. The van der Waals surface area contributed by atoms with Crippen LogP contribution >= 0.6 is 0 Å². The van der Waals surface area contributed by atoms with Gasteiger partial charge in [-0.1, -0.05) is 38.1 Å². The maximum Gasteiger partial charge on any atom is 0.255 e. The minimum absolute atomic E-state index is 0.0677. The van der Waals surface area contributed by atoms with Gasteiger partial charge in [0.15, 0.2) is 0 Å². The van der Waals surface area contributed by atoms with E-state index in [4.69, 9.17) is 4.74 Å². The Bertz CT molecular complexity index is 687. The summed E-state index contributed by atoms with van der Waals surface area (Å²) >= 11 is 0. The fraction of sp³-hybridized carbons (Fsp3) is 0.381. The van der Waals surface area contributed by atoms with E-state index in [0.717, 1.165) is 38.5 Å². The first-order valence-corrected chi connectivity index (χ1v) is 9.03. The Labute approximate surface area is 149 Å². The van der Waals surface area contributed by atoms with Gasteiger partial charge in [-0.25, -0.2) is 0 Å². The highest BCUT2D eigenvalue weighted by atomic mass is 16.5. The lowest BCUT2D eigenvalue weighted by atomic mass is 10.0. The topological polar surface area (TPSA) is 42.8 Å². The zero-order valence-corrected chi connectivity index (χ0v) is 15.0. The van der Waals surface area contributed by atoms with E-state index in [-0.39, 0.29) is 5.91 Å². The molecule has 1 aliphatic rings. The number of quaternary nitrogens is 1. The quantitative estimate of drug-likeness (QED) is 0.879. The van der Waals surface area contributed by atoms with Crippen LogP contribution in [-0.4, -0.2) is 32.2 Å². The molecule has 0 aromatic heterocycles. The van der Waals surface area contributed by atoms with Gasteiger partial charge in [-0.3, -0.25) is 4.79 Å². The molecule has 2 aromatic carbocycles. The van der Waals surface area contributed by atoms with Crippen LogP contribution in [0.4, 0.5) is 5.69 Å². The Balaban J connectivity index is 1.57. The third-order valence-electron chi connectivity index (χ3n) is 4.71. The van der Waals surface area contributed by atoms with E-state index < -0.39 is 0 Å². The van der Waals surface area contributed by atoms with Gasteiger partial charge in [0.25, 0.3) is 5.91 Å². The monoisotopic (exact) mass is 339 g/mol.